The molecule has 0 aliphatic rings. The molecule has 3 rings (SSSR count). The van der Waals surface area contributed by atoms with E-state index in [9.17, 15) is 13.6 Å². The van der Waals surface area contributed by atoms with E-state index in [2.05, 4.69) is 4.98 Å². The number of aliphatic carboxylic acids is 1. The molecular formula is C21H19F2NO4S. The van der Waals surface area contributed by atoms with Gasteiger partial charge in [0.1, 0.15) is 5.01 Å². The molecule has 1 aromatic heterocycles. The van der Waals surface area contributed by atoms with E-state index in [-0.39, 0.29) is 17.9 Å². The van der Waals surface area contributed by atoms with Crippen LogP contribution >= 0.6 is 11.3 Å². The highest BCUT2D eigenvalue weighted by atomic mass is 32.1. The molecule has 0 atom stereocenters. The molecule has 8 heteroatoms. The van der Waals surface area contributed by atoms with E-state index in [0.29, 0.717) is 23.4 Å². The largest absolute Gasteiger partial charge is 0.493 e. The number of fused-ring (bicyclic) bond motifs is 1. The van der Waals surface area contributed by atoms with Gasteiger partial charge in [-0.25, -0.2) is 4.98 Å². The van der Waals surface area contributed by atoms with Crippen molar-refractivity contribution >= 4 is 39.2 Å². The highest BCUT2D eigenvalue weighted by Crippen LogP contribution is 2.37. The van der Waals surface area contributed by atoms with Gasteiger partial charge in [-0.1, -0.05) is 24.3 Å². The SMILES string of the molecule is COc1cccc(/C=C(\CCCC(=O)O)c2nc3ccccc3s2)c1OC(F)F. The number of hydrogen-bond acceptors (Lipinski definition) is 5. The van der Waals surface area contributed by atoms with Gasteiger partial charge in [-0.15, -0.1) is 11.3 Å². The van der Waals surface area contributed by atoms with Crippen LogP contribution in [-0.2, 0) is 4.79 Å². The molecule has 0 aliphatic heterocycles. The predicted molar refractivity (Wildman–Crippen MR) is 109 cm³/mol. The quantitative estimate of drug-likeness (QED) is 0.482. The Hall–Kier alpha value is -3.00. The minimum Gasteiger partial charge on any atom is -0.493 e. The molecule has 2 aromatic carbocycles. The zero-order valence-corrected chi connectivity index (χ0v) is 16.4. The number of carboxylic acids is 1. The summed E-state index contributed by atoms with van der Waals surface area (Å²) in [5, 5.41) is 9.67. The number of para-hydroxylation sites is 2. The molecule has 0 saturated carbocycles. The first-order valence-corrected chi connectivity index (χ1v) is 9.69. The summed E-state index contributed by atoms with van der Waals surface area (Å²) in [6.07, 6.45) is 2.53. The van der Waals surface area contributed by atoms with E-state index in [1.165, 1.54) is 24.5 Å². The number of rotatable bonds is 9. The number of carboxylic acid groups (broad SMARTS) is 1. The Morgan fingerprint density at radius 3 is 2.69 bits per heavy atom. The van der Waals surface area contributed by atoms with E-state index in [1.54, 1.807) is 18.2 Å². The number of hydrogen-bond donors (Lipinski definition) is 1. The maximum absolute atomic E-state index is 12.9. The number of benzene rings is 2. The number of nitrogens with zero attached hydrogens (tertiary/aromatic N) is 1. The van der Waals surface area contributed by atoms with Crippen LogP contribution in [0.15, 0.2) is 42.5 Å². The summed E-state index contributed by atoms with van der Waals surface area (Å²) in [6, 6.07) is 12.5. The van der Waals surface area contributed by atoms with Crippen LogP contribution in [0.1, 0.15) is 29.8 Å². The number of carbonyl (C=O) groups is 1. The first-order chi connectivity index (χ1) is 14.0. The number of aromatic nitrogens is 1. The van der Waals surface area contributed by atoms with Crippen LogP contribution in [0.3, 0.4) is 0 Å². The summed E-state index contributed by atoms with van der Waals surface area (Å²) >= 11 is 1.47. The maximum Gasteiger partial charge on any atom is 0.387 e. The van der Waals surface area contributed by atoms with Crippen LogP contribution in [-0.4, -0.2) is 29.8 Å². The van der Waals surface area contributed by atoms with E-state index < -0.39 is 12.6 Å². The predicted octanol–water partition coefficient (Wildman–Crippen LogP) is 5.70. The summed E-state index contributed by atoms with van der Waals surface area (Å²) in [5.74, 6) is -0.771. The Labute approximate surface area is 170 Å². The average molecular weight is 419 g/mol. The van der Waals surface area contributed by atoms with Crippen molar-refractivity contribution < 1.29 is 28.2 Å². The van der Waals surface area contributed by atoms with E-state index in [1.807, 2.05) is 24.3 Å². The third-order valence-corrected chi connectivity index (χ3v) is 5.28. The van der Waals surface area contributed by atoms with Gasteiger partial charge in [-0.2, -0.15) is 8.78 Å². The molecule has 0 saturated heterocycles. The zero-order valence-electron chi connectivity index (χ0n) is 15.6. The van der Waals surface area contributed by atoms with Gasteiger partial charge in [-0.05, 0) is 42.7 Å². The fourth-order valence-corrected chi connectivity index (χ4v) is 3.90. The van der Waals surface area contributed by atoms with Crippen molar-refractivity contribution in [3.63, 3.8) is 0 Å². The zero-order chi connectivity index (χ0) is 20.8. The summed E-state index contributed by atoms with van der Waals surface area (Å²) in [5.41, 5.74) is 1.99. The highest BCUT2D eigenvalue weighted by Gasteiger charge is 2.16. The molecule has 0 bridgehead atoms. The van der Waals surface area contributed by atoms with Gasteiger partial charge in [0.2, 0.25) is 0 Å². The van der Waals surface area contributed by atoms with Gasteiger partial charge < -0.3 is 14.6 Å². The van der Waals surface area contributed by atoms with Gasteiger partial charge in [0.05, 0.1) is 17.3 Å². The molecule has 152 valence electrons. The number of methoxy groups -OCH3 is 1. The Morgan fingerprint density at radius 1 is 1.21 bits per heavy atom. The van der Waals surface area contributed by atoms with Gasteiger partial charge in [0.15, 0.2) is 11.5 Å². The number of allylic oxidation sites excluding steroid dienone is 1. The molecule has 5 nitrogen and oxygen atoms in total. The Balaban J connectivity index is 2.05. The minimum absolute atomic E-state index is 0.000731. The smallest absolute Gasteiger partial charge is 0.387 e. The van der Waals surface area contributed by atoms with Gasteiger partial charge in [-0.3, -0.25) is 4.79 Å². The molecule has 0 spiro atoms. The highest BCUT2D eigenvalue weighted by molar-refractivity contribution is 7.19. The van der Waals surface area contributed by atoms with Crippen molar-refractivity contribution in [3.05, 3.63) is 53.0 Å². The van der Waals surface area contributed by atoms with Crippen molar-refractivity contribution in [1.29, 1.82) is 0 Å². The van der Waals surface area contributed by atoms with Crippen molar-refractivity contribution in [1.82, 2.24) is 4.98 Å². The van der Waals surface area contributed by atoms with Gasteiger partial charge in [0.25, 0.3) is 0 Å². The first kappa shape index (κ1) is 20.7. The summed E-state index contributed by atoms with van der Waals surface area (Å²) in [7, 11) is 1.38. The second-order valence-corrected chi connectivity index (χ2v) is 7.19. The Bertz CT molecular complexity index is 999. The first-order valence-electron chi connectivity index (χ1n) is 8.88. The van der Waals surface area contributed by atoms with Crippen LogP contribution in [0.2, 0.25) is 0 Å². The third kappa shape index (κ3) is 5.29. The minimum atomic E-state index is -3.00. The molecule has 29 heavy (non-hydrogen) atoms. The summed E-state index contributed by atoms with van der Waals surface area (Å²) in [6.45, 7) is -3.00. The van der Waals surface area contributed by atoms with Crippen LogP contribution in [0.4, 0.5) is 8.78 Å². The fraction of sp³-hybridized carbons (Fsp3) is 0.238. The fourth-order valence-electron chi connectivity index (χ4n) is 2.89. The monoisotopic (exact) mass is 419 g/mol. The lowest BCUT2D eigenvalue weighted by atomic mass is 10.0. The van der Waals surface area contributed by atoms with E-state index >= 15 is 0 Å². The van der Waals surface area contributed by atoms with Crippen molar-refractivity contribution in [2.24, 2.45) is 0 Å². The standard InChI is InChI=1S/C21H19F2NO4S/c1-27-16-9-4-6-13(19(16)28-21(22)23)12-14(7-5-11-18(25)26)20-24-15-8-2-3-10-17(15)29-20/h2-4,6,8-10,12,21H,5,7,11H2,1H3,(H,25,26)/b14-12+. The van der Waals surface area contributed by atoms with E-state index in [4.69, 9.17) is 14.6 Å². The Kier molecular flexibility index (Phi) is 6.77. The van der Waals surface area contributed by atoms with Crippen molar-refractivity contribution in [2.45, 2.75) is 25.9 Å². The maximum atomic E-state index is 12.9. The lowest BCUT2D eigenvalue weighted by Gasteiger charge is -2.13. The molecule has 1 heterocycles. The van der Waals surface area contributed by atoms with Crippen molar-refractivity contribution in [3.8, 4) is 11.5 Å². The number of thiazole rings is 1. The molecule has 3 aromatic rings. The van der Waals surface area contributed by atoms with Crippen LogP contribution < -0.4 is 9.47 Å². The van der Waals surface area contributed by atoms with Crippen LogP contribution in [0.25, 0.3) is 21.9 Å². The number of ether oxygens (including phenoxy) is 2. The molecule has 0 radical (unpaired) electrons. The molecular weight excluding hydrogens is 400 g/mol. The number of halogens is 2. The number of alkyl halides is 2. The molecule has 0 unspecified atom stereocenters. The summed E-state index contributed by atoms with van der Waals surface area (Å²) < 4.78 is 36.7. The average Bonchev–Trinajstić information content (AvgIpc) is 3.11. The molecule has 0 aliphatic carbocycles. The van der Waals surface area contributed by atoms with E-state index in [0.717, 1.165) is 15.8 Å². The normalized spacial score (nSPS) is 11.8. The Morgan fingerprint density at radius 2 is 2.00 bits per heavy atom. The molecule has 1 N–H and O–H groups in total. The molecule has 0 fully saturated rings. The topological polar surface area (TPSA) is 68.7 Å². The summed E-state index contributed by atoms with van der Waals surface area (Å²) in [4.78, 5) is 15.5. The van der Waals surface area contributed by atoms with Crippen LogP contribution in [0, 0.1) is 0 Å². The van der Waals surface area contributed by atoms with Gasteiger partial charge >= 0.3 is 12.6 Å². The second kappa shape index (κ2) is 9.47. The van der Waals surface area contributed by atoms with Crippen LogP contribution in [0.5, 0.6) is 11.5 Å². The van der Waals surface area contributed by atoms with Crippen molar-refractivity contribution in [2.75, 3.05) is 7.11 Å². The van der Waals surface area contributed by atoms with Gasteiger partial charge in [0, 0.05) is 12.0 Å². The lowest BCUT2D eigenvalue weighted by Crippen LogP contribution is -2.05. The molecule has 0 amide bonds. The second-order valence-electron chi connectivity index (χ2n) is 6.16. The third-order valence-electron chi connectivity index (χ3n) is 4.17. The lowest BCUT2D eigenvalue weighted by molar-refractivity contribution is -0.137.